The molecule has 1 saturated carbocycles. The molecule has 0 aromatic carbocycles. The molecule has 0 amide bonds. The molecule has 1 fully saturated rings. The fourth-order valence-electron chi connectivity index (χ4n) is 2.84. The predicted molar refractivity (Wildman–Crippen MR) is 77.4 cm³/mol. The number of esters is 1. The van der Waals surface area contributed by atoms with Gasteiger partial charge in [0.1, 0.15) is 0 Å². The van der Waals surface area contributed by atoms with Crippen LogP contribution in [0.3, 0.4) is 0 Å². The van der Waals surface area contributed by atoms with E-state index >= 15 is 0 Å². The number of unbranched alkanes of at least 4 members (excludes halogenated alkanes) is 3. The first kappa shape index (κ1) is 17.0. The fraction of sp³-hybridized carbons (Fsp3) is 0.875. The maximum Gasteiger partial charge on any atom is 0.309 e. The SMILES string of the molecule is CCCCCCC(C)OC(=O)C1CCCC(C(=O)O)C1. The van der Waals surface area contributed by atoms with Gasteiger partial charge in [0.2, 0.25) is 0 Å². The third-order valence-electron chi connectivity index (χ3n) is 4.14. The lowest BCUT2D eigenvalue weighted by molar-refractivity contribution is -0.156. The van der Waals surface area contributed by atoms with Gasteiger partial charge >= 0.3 is 11.9 Å². The molecule has 0 bridgehead atoms. The van der Waals surface area contributed by atoms with Crippen LogP contribution in [0.4, 0.5) is 0 Å². The van der Waals surface area contributed by atoms with Crippen molar-refractivity contribution in [2.75, 3.05) is 0 Å². The Morgan fingerprint density at radius 3 is 2.55 bits per heavy atom. The van der Waals surface area contributed by atoms with E-state index in [0.717, 1.165) is 25.7 Å². The largest absolute Gasteiger partial charge is 0.481 e. The molecule has 4 nitrogen and oxygen atoms in total. The Bertz CT molecular complexity index is 314. The van der Waals surface area contributed by atoms with E-state index in [2.05, 4.69) is 6.92 Å². The van der Waals surface area contributed by atoms with Gasteiger partial charge in [-0.05, 0) is 39.0 Å². The maximum absolute atomic E-state index is 12.1. The zero-order chi connectivity index (χ0) is 15.0. The molecule has 0 heterocycles. The van der Waals surface area contributed by atoms with E-state index in [-0.39, 0.29) is 23.9 Å². The minimum Gasteiger partial charge on any atom is -0.481 e. The minimum atomic E-state index is -0.782. The molecule has 0 aliphatic heterocycles. The number of hydrogen-bond donors (Lipinski definition) is 1. The average Bonchev–Trinajstić information content (AvgIpc) is 2.43. The number of carbonyl (C=O) groups excluding carboxylic acids is 1. The van der Waals surface area contributed by atoms with Crippen molar-refractivity contribution in [1.82, 2.24) is 0 Å². The van der Waals surface area contributed by atoms with Crippen LogP contribution in [0.1, 0.15) is 71.6 Å². The van der Waals surface area contributed by atoms with Crippen molar-refractivity contribution in [1.29, 1.82) is 0 Å². The third-order valence-corrected chi connectivity index (χ3v) is 4.14. The second kappa shape index (κ2) is 8.98. The van der Waals surface area contributed by atoms with Crippen LogP contribution in [0.5, 0.6) is 0 Å². The number of aliphatic carboxylic acids is 1. The Morgan fingerprint density at radius 2 is 1.90 bits per heavy atom. The molecule has 4 heteroatoms. The van der Waals surface area contributed by atoms with E-state index in [9.17, 15) is 9.59 Å². The number of carboxylic acid groups (broad SMARTS) is 1. The first-order chi connectivity index (χ1) is 9.54. The van der Waals surface area contributed by atoms with Gasteiger partial charge in [-0.25, -0.2) is 0 Å². The highest BCUT2D eigenvalue weighted by Crippen LogP contribution is 2.30. The number of hydrogen-bond acceptors (Lipinski definition) is 3. The number of carboxylic acids is 1. The van der Waals surface area contributed by atoms with E-state index in [4.69, 9.17) is 9.84 Å². The second-order valence-electron chi connectivity index (χ2n) is 6.00. The fourth-order valence-corrected chi connectivity index (χ4v) is 2.84. The summed E-state index contributed by atoms with van der Waals surface area (Å²) in [5.74, 6) is -1.57. The van der Waals surface area contributed by atoms with Gasteiger partial charge in [0.25, 0.3) is 0 Å². The van der Waals surface area contributed by atoms with Crippen LogP contribution in [-0.4, -0.2) is 23.1 Å². The molecule has 3 unspecified atom stereocenters. The van der Waals surface area contributed by atoms with Gasteiger partial charge in [-0.15, -0.1) is 0 Å². The lowest BCUT2D eigenvalue weighted by Crippen LogP contribution is -2.30. The van der Waals surface area contributed by atoms with E-state index in [1.165, 1.54) is 19.3 Å². The molecule has 0 saturated heterocycles. The molecule has 0 aromatic rings. The van der Waals surface area contributed by atoms with Crippen molar-refractivity contribution >= 4 is 11.9 Å². The monoisotopic (exact) mass is 284 g/mol. The first-order valence-electron chi connectivity index (χ1n) is 7.97. The molecule has 1 rings (SSSR count). The lowest BCUT2D eigenvalue weighted by Gasteiger charge is -2.26. The molecule has 3 atom stereocenters. The summed E-state index contributed by atoms with van der Waals surface area (Å²) in [6.45, 7) is 4.10. The molecule has 1 N–H and O–H groups in total. The van der Waals surface area contributed by atoms with Gasteiger partial charge in [-0.1, -0.05) is 32.6 Å². The smallest absolute Gasteiger partial charge is 0.309 e. The summed E-state index contributed by atoms with van der Waals surface area (Å²) in [6.07, 6.45) is 8.25. The van der Waals surface area contributed by atoms with E-state index in [1.807, 2.05) is 6.92 Å². The standard InChI is InChI=1S/C16H28O4/c1-3-4-5-6-8-12(2)20-16(19)14-10-7-9-13(11-14)15(17)18/h12-14H,3-11H2,1-2H3,(H,17,18). The van der Waals surface area contributed by atoms with Crippen LogP contribution in [0.2, 0.25) is 0 Å². The summed E-state index contributed by atoms with van der Waals surface area (Å²) < 4.78 is 5.47. The number of rotatable bonds is 8. The van der Waals surface area contributed by atoms with Gasteiger partial charge in [0.15, 0.2) is 0 Å². The molecule has 116 valence electrons. The van der Waals surface area contributed by atoms with Gasteiger partial charge in [-0.2, -0.15) is 0 Å². The summed E-state index contributed by atoms with van der Waals surface area (Å²) >= 11 is 0. The number of carbonyl (C=O) groups is 2. The van der Waals surface area contributed by atoms with Gasteiger partial charge in [-0.3, -0.25) is 9.59 Å². The van der Waals surface area contributed by atoms with Crippen LogP contribution in [0.25, 0.3) is 0 Å². The Morgan fingerprint density at radius 1 is 1.20 bits per heavy atom. The van der Waals surface area contributed by atoms with Crippen molar-refractivity contribution in [3.8, 4) is 0 Å². The van der Waals surface area contributed by atoms with Gasteiger partial charge in [0, 0.05) is 0 Å². The Kier molecular flexibility index (Phi) is 7.63. The van der Waals surface area contributed by atoms with Crippen molar-refractivity contribution in [2.24, 2.45) is 11.8 Å². The summed E-state index contributed by atoms with van der Waals surface area (Å²) in [7, 11) is 0. The van der Waals surface area contributed by atoms with Crippen molar-refractivity contribution in [3.05, 3.63) is 0 Å². The zero-order valence-electron chi connectivity index (χ0n) is 12.8. The van der Waals surface area contributed by atoms with E-state index in [1.54, 1.807) is 0 Å². The number of ether oxygens (including phenoxy) is 1. The summed E-state index contributed by atoms with van der Waals surface area (Å²) in [5, 5.41) is 9.03. The van der Waals surface area contributed by atoms with Gasteiger partial charge in [0.05, 0.1) is 17.9 Å². The molecule has 0 radical (unpaired) electrons. The topological polar surface area (TPSA) is 63.6 Å². The normalized spacial score (nSPS) is 24.1. The first-order valence-corrected chi connectivity index (χ1v) is 7.97. The van der Waals surface area contributed by atoms with Crippen LogP contribution >= 0.6 is 0 Å². The Balaban J connectivity index is 2.28. The predicted octanol–water partition coefficient (Wildman–Crippen LogP) is 3.78. The minimum absolute atomic E-state index is 0.0513. The second-order valence-corrected chi connectivity index (χ2v) is 6.00. The molecular formula is C16H28O4. The quantitative estimate of drug-likeness (QED) is 0.544. The van der Waals surface area contributed by atoms with Crippen molar-refractivity contribution in [2.45, 2.75) is 77.7 Å². The van der Waals surface area contributed by atoms with Crippen molar-refractivity contribution < 1.29 is 19.4 Å². The van der Waals surface area contributed by atoms with E-state index < -0.39 is 5.97 Å². The molecule has 0 spiro atoms. The van der Waals surface area contributed by atoms with Crippen LogP contribution in [0.15, 0.2) is 0 Å². The highest BCUT2D eigenvalue weighted by atomic mass is 16.5. The third kappa shape index (κ3) is 5.93. The molecular weight excluding hydrogens is 256 g/mol. The summed E-state index contributed by atoms with van der Waals surface area (Å²) in [4.78, 5) is 23.0. The molecule has 1 aliphatic rings. The average molecular weight is 284 g/mol. The molecule has 20 heavy (non-hydrogen) atoms. The van der Waals surface area contributed by atoms with Gasteiger partial charge < -0.3 is 9.84 Å². The Hall–Kier alpha value is -1.06. The highest BCUT2D eigenvalue weighted by molar-refractivity contribution is 5.75. The van der Waals surface area contributed by atoms with Crippen LogP contribution < -0.4 is 0 Å². The molecule has 0 aromatic heterocycles. The Labute approximate surface area is 121 Å². The van der Waals surface area contributed by atoms with Crippen molar-refractivity contribution in [3.63, 3.8) is 0 Å². The van der Waals surface area contributed by atoms with Crippen LogP contribution in [0, 0.1) is 11.8 Å². The summed E-state index contributed by atoms with van der Waals surface area (Å²) in [6, 6.07) is 0. The van der Waals surface area contributed by atoms with Crippen LogP contribution in [-0.2, 0) is 14.3 Å². The highest BCUT2D eigenvalue weighted by Gasteiger charge is 2.32. The summed E-state index contributed by atoms with van der Waals surface area (Å²) in [5.41, 5.74) is 0. The lowest BCUT2D eigenvalue weighted by atomic mass is 9.81. The van der Waals surface area contributed by atoms with E-state index in [0.29, 0.717) is 12.8 Å². The zero-order valence-corrected chi connectivity index (χ0v) is 12.8. The molecule has 1 aliphatic carbocycles. The maximum atomic E-state index is 12.1.